The number of carbonyl (C=O) groups excluding carboxylic acids is 4. The first-order valence-electron chi connectivity index (χ1n) is 24.7. The van der Waals surface area contributed by atoms with E-state index in [2.05, 4.69) is 25.6 Å². The number of nitrogen functional groups attached to an aromatic ring is 1. The number of unbranched alkanes of at least 4 members (excludes halogenated alkanes) is 7. The number of aromatic nitrogens is 4. The number of Topliss-reactive ketones (excluding diaryl/α,β-unsaturated/α-hetero) is 1. The van der Waals surface area contributed by atoms with Crippen molar-refractivity contribution in [1.82, 2.24) is 35.1 Å². The monoisotopic (exact) mass is 1030 g/mol. The molecule has 2 fully saturated rings. The Morgan fingerprint density at radius 2 is 1.62 bits per heavy atom. The molecule has 8 N–H and O–H groups in total. The maximum atomic E-state index is 14.0. The smallest absolute Gasteiger partial charge is 0.246 e. The summed E-state index contributed by atoms with van der Waals surface area (Å²) in [6.45, 7) is 7.63. The average molecular weight is 1030 g/mol. The van der Waals surface area contributed by atoms with Gasteiger partial charge in [-0.05, 0) is 60.1 Å². The Morgan fingerprint density at radius 3 is 2.31 bits per heavy atom. The summed E-state index contributed by atoms with van der Waals surface area (Å²) >= 11 is 7.95. The number of rotatable bonds is 23. The van der Waals surface area contributed by atoms with Gasteiger partial charge < -0.3 is 55.7 Å². The first-order chi connectivity index (χ1) is 34.4. The Morgan fingerprint density at radius 1 is 0.931 bits per heavy atom. The van der Waals surface area contributed by atoms with Gasteiger partial charge in [0.25, 0.3) is 0 Å². The molecule has 0 radical (unpaired) electrons. The van der Waals surface area contributed by atoms with Gasteiger partial charge in [-0.15, -0.1) is 11.3 Å². The third kappa shape index (κ3) is 13.3. The van der Waals surface area contributed by atoms with Crippen molar-refractivity contribution in [1.29, 1.82) is 0 Å². The van der Waals surface area contributed by atoms with Crippen molar-refractivity contribution < 1.29 is 49.1 Å². The molecule has 3 aromatic heterocycles. The zero-order chi connectivity index (χ0) is 51.7. The molecule has 0 aliphatic carbocycles. The highest BCUT2D eigenvalue weighted by Crippen LogP contribution is 2.39. The molecule has 2 aromatic carbocycles. The van der Waals surface area contributed by atoms with Gasteiger partial charge in [0, 0.05) is 38.5 Å². The second kappa shape index (κ2) is 24.5. The number of carbonyl (C=O) groups is 4. The third-order valence-electron chi connectivity index (χ3n) is 13.4. The highest BCUT2D eigenvalue weighted by Gasteiger charge is 2.48. The molecule has 0 bridgehead atoms. The standard InChI is InChI=1S/C52H67ClN8O10S/c1-30-45(72-29-58-30)32-17-15-31(16-18-32)25-55-49(68)38-24-35(63)26-61(38)50(69)46(52(2,3)4)59-40(64)14-12-10-8-6-5-7-9-11-13-34(62)27-70-39-23-33(19-20-37(39)53)41(65)44-42(66)43(67)51(71-44)60-22-21-36-47(54)56-28-57-48(36)60/h15-23,28-29,35,38,41-44,46,51,63,65-67H,5-14,24-27H2,1-4H3,(H,55,68)(H,59,64)(H2,54,56,57)/t35-,38+,41-,42+,43-,44-,46-,51-/m1/s1. The minimum Gasteiger partial charge on any atom is -0.484 e. The predicted octanol–water partition coefficient (Wildman–Crippen LogP) is 6.11. The Labute approximate surface area is 428 Å². The van der Waals surface area contributed by atoms with Gasteiger partial charge in [-0.3, -0.25) is 19.2 Å². The Hall–Kier alpha value is -5.54. The summed E-state index contributed by atoms with van der Waals surface area (Å²) in [5.74, 6) is -0.648. The zero-order valence-electron chi connectivity index (χ0n) is 41.2. The van der Waals surface area contributed by atoms with Crippen LogP contribution in [0.3, 0.4) is 0 Å². The summed E-state index contributed by atoms with van der Waals surface area (Å²) in [6.07, 6.45) is 3.17. The fraction of sp³-hybridized carbons (Fsp3) is 0.519. The van der Waals surface area contributed by atoms with Crippen LogP contribution in [0.2, 0.25) is 5.02 Å². The number of ether oxygens (including phenoxy) is 2. The minimum atomic E-state index is -1.45. The van der Waals surface area contributed by atoms with Crippen LogP contribution in [0, 0.1) is 12.3 Å². The van der Waals surface area contributed by atoms with Gasteiger partial charge in [0.2, 0.25) is 17.7 Å². The maximum absolute atomic E-state index is 14.0. The molecule has 2 aliphatic heterocycles. The number of hydrogen-bond donors (Lipinski definition) is 7. The SMILES string of the molecule is Cc1ncsc1-c1ccc(CNC(=O)[C@@H]2C[C@@H](O)CN2C(=O)[C@@H](NC(=O)CCCCCCCCCCC(=O)COc2cc([C@@H](O)[C@H]3O[C@@H](n4ccc5c(N)ncnc54)[C@H](O)[C@@H]3O)ccc2Cl)C(C)(C)C)cc1. The molecule has 72 heavy (non-hydrogen) atoms. The van der Waals surface area contributed by atoms with E-state index in [4.69, 9.17) is 26.8 Å². The quantitative estimate of drug-likeness (QED) is 0.0364. The predicted molar refractivity (Wildman–Crippen MR) is 273 cm³/mol. The van der Waals surface area contributed by atoms with Crippen LogP contribution in [0.25, 0.3) is 21.5 Å². The number of aliphatic hydroxyl groups is 4. The van der Waals surface area contributed by atoms with Crippen LogP contribution in [-0.2, 0) is 30.5 Å². The van der Waals surface area contributed by atoms with Gasteiger partial charge >= 0.3 is 0 Å². The number of nitrogens with one attached hydrogen (secondary N) is 2. The van der Waals surface area contributed by atoms with Crippen LogP contribution >= 0.6 is 22.9 Å². The largest absolute Gasteiger partial charge is 0.484 e. The van der Waals surface area contributed by atoms with Crippen molar-refractivity contribution in [2.45, 2.75) is 154 Å². The fourth-order valence-corrected chi connectivity index (χ4v) is 10.3. The van der Waals surface area contributed by atoms with E-state index in [0.29, 0.717) is 35.9 Å². The average Bonchev–Trinajstić information content (AvgIpc) is 4.15. The van der Waals surface area contributed by atoms with Gasteiger partial charge in [0.15, 0.2) is 12.0 Å². The van der Waals surface area contributed by atoms with Gasteiger partial charge in [-0.25, -0.2) is 15.0 Å². The molecule has 2 saturated heterocycles. The van der Waals surface area contributed by atoms with Crippen molar-refractivity contribution in [3.63, 3.8) is 0 Å². The number of anilines is 1. The van der Waals surface area contributed by atoms with Crippen molar-refractivity contribution in [2.75, 3.05) is 18.9 Å². The van der Waals surface area contributed by atoms with Crippen LogP contribution < -0.4 is 21.1 Å². The molecule has 5 heterocycles. The van der Waals surface area contributed by atoms with E-state index < -0.39 is 60.2 Å². The molecule has 2 aliphatic rings. The van der Waals surface area contributed by atoms with E-state index in [1.807, 2.05) is 57.5 Å². The van der Waals surface area contributed by atoms with E-state index in [9.17, 15) is 39.6 Å². The van der Waals surface area contributed by atoms with Gasteiger partial charge in [-0.1, -0.05) is 101 Å². The molecular formula is C52H67ClN8O10S. The normalized spacial score (nSPS) is 20.9. The molecule has 0 unspecified atom stereocenters. The number of amides is 3. The lowest BCUT2D eigenvalue weighted by molar-refractivity contribution is -0.144. The maximum Gasteiger partial charge on any atom is 0.246 e. The number of fused-ring (bicyclic) bond motifs is 1. The number of thiazole rings is 1. The Bertz CT molecular complexity index is 2660. The van der Waals surface area contributed by atoms with Crippen LogP contribution in [0.5, 0.6) is 5.75 Å². The van der Waals surface area contributed by atoms with E-state index in [-0.39, 0.29) is 66.7 Å². The Kier molecular flexibility index (Phi) is 18.4. The van der Waals surface area contributed by atoms with Crippen LogP contribution in [0.4, 0.5) is 5.82 Å². The van der Waals surface area contributed by atoms with Gasteiger partial charge in [0.1, 0.15) is 66.6 Å². The number of β-amino-alcohol motifs (C(OH)–C–C–N with tert-alkyl or cyclic N) is 1. The molecule has 8 atom stereocenters. The molecule has 0 spiro atoms. The number of nitrogens with zero attached hydrogens (tertiary/aromatic N) is 5. The summed E-state index contributed by atoms with van der Waals surface area (Å²) < 4.78 is 13.3. The van der Waals surface area contributed by atoms with E-state index in [1.165, 1.54) is 27.9 Å². The molecule has 18 nitrogen and oxygen atoms in total. The topological polar surface area (TPSA) is 265 Å². The number of ketones is 1. The highest BCUT2D eigenvalue weighted by molar-refractivity contribution is 7.13. The number of likely N-dealkylation sites (tertiary alicyclic amines) is 1. The third-order valence-corrected chi connectivity index (χ3v) is 14.7. The van der Waals surface area contributed by atoms with E-state index in [1.54, 1.807) is 29.7 Å². The summed E-state index contributed by atoms with van der Waals surface area (Å²) in [5.41, 5.74) is 10.7. The second-order valence-corrected chi connectivity index (χ2v) is 21.2. The first kappa shape index (κ1) is 54.2. The molecule has 3 amide bonds. The molecular weight excluding hydrogens is 964 g/mol. The zero-order valence-corrected chi connectivity index (χ0v) is 42.8. The number of aliphatic hydroxyl groups excluding tert-OH is 4. The second-order valence-electron chi connectivity index (χ2n) is 19.9. The fourth-order valence-electron chi connectivity index (χ4n) is 9.29. The molecule has 5 aromatic rings. The number of aryl methyl sites for hydroxylation is 1. The number of halogens is 1. The van der Waals surface area contributed by atoms with Crippen LogP contribution in [0.1, 0.15) is 121 Å². The van der Waals surface area contributed by atoms with Gasteiger partial charge in [-0.2, -0.15) is 0 Å². The van der Waals surface area contributed by atoms with Crippen molar-refractivity contribution in [2.24, 2.45) is 5.41 Å². The van der Waals surface area contributed by atoms with Crippen molar-refractivity contribution >= 4 is 63.3 Å². The van der Waals surface area contributed by atoms with Crippen LogP contribution in [-0.4, -0.2) is 118 Å². The summed E-state index contributed by atoms with van der Waals surface area (Å²) in [5, 5.41) is 50.3. The van der Waals surface area contributed by atoms with Crippen molar-refractivity contribution in [3.8, 4) is 16.2 Å². The number of nitrogens with two attached hydrogens (primary N) is 1. The lowest BCUT2D eigenvalue weighted by Gasteiger charge is -2.35. The van der Waals surface area contributed by atoms with Gasteiger partial charge in [0.05, 0.1) is 32.6 Å². The van der Waals surface area contributed by atoms with E-state index in [0.717, 1.165) is 60.2 Å². The molecule has 7 rings (SSSR count). The van der Waals surface area contributed by atoms with Crippen LogP contribution in [0.15, 0.2) is 66.6 Å². The molecule has 0 saturated carbocycles. The number of benzene rings is 2. The van der Waals surface area contributed by atoms with Crippen molar-refractivity contribution in [3.05, 3.63) is 88.4 Å². The Balaban J connectivity index is 0.763. The molecule has 20 heteroatoms. The number of hydrogen-bond acceptors (Lipinski definition) is 15. The lowest BCUT2D eigenvalue weighted by atomic mass is 9.85. The summed E-state index contributed by atoms with van der Waals surface area (Å²) in [6, 6.07) is 12.4. The highest BCUT2D eigenvalue weighted by atomic mass is 35.5. The summed E-state index contributed by atoms with van der Waals surface area (Å²) in [4.78, 5) is 68.4. The van der Waals surface area contributed by atoms with E-state index >= 15 is 0 Å². The lowest BCUT2D eigenvalue weighted by Crippen LogP contribution is -2.57. The summed E-state index contributed by atoms with van der Waals surface area (Å²) in [7, 11) is 0. The minimum absolute atomic E-state index is 0.00746. The first-order valence-corrected chi connectivity index (χ1v) is 25.9. The molecule has 388 valence electrons.